The molecule has 0 unspecified atom stereocenters. The number of halogens is 1. The van der Waals surface area contributed by atoms with Gasteiger partial charge in [0.15, 0.2) is 5.96 Å². The monoisotopic (exact) mass is 473 g/mol. The first-order valence-corrected chi connectivity index (χ1v) is 8.84. The zero-order chi connectivity index (χ0) is 17.6. The van der Waals surface area contributed by atoms with Crippen molar-refractivity contribution in [2.75, 3.05) is 51.8 Å². The van der Waals surface area contributed by atoms with Crippen LogP contribution in [-0.4, -0.2) is 69.7 Å². The van der Waals surface area contributed by atoms with Crippen molar-refractivity contribution in [1.29, 1.82) is 0 Å². The molecule has 1 aliphatic heterocycles. The maximum Gasteiger partial charge on any atom is 0.239 e. The van der Waals surface area contributed by atoms with Crippen LogP contribution in [0.25, 0.3) is 0 Å². The van der Waals surface area contributed by atoms with E-state index in [0.717, 1.165) is 56.4 Å². The van der Waals surface area contributed by atoms with Crippen LogP contribution in [0.2, 0.25) is 0 Å². The first-order chi connectivity index (χ1) is 12.2. The molecule has 26 heavy (non-hydrogen) atoms. The van der Waals surface area contributed by atoms with Crippen LogP contribution in [-0.2, 0) is 4.79 Å². The molecule has 0 atom stereocenters. The van der Waals surface area contributed by atoms with E-state index >= 15 is 0 Å². The summed E-state index contributed by atoms with van der Waals surface area (Å²) >= 11 is 0. The minimum Gasteiger partial charge on any atom is -0.495 e. The molecule has 0 radical (unpaired) electrons. The normalized spacial score (nSPS) is 17.4. The summed E-state index contributed by atoms with van der Waals surface area (Å²) in [4.78, 5) is 20.7. The molecule has 3 rings (SSSR count). The van der Waals surface area contributed by atoms with Crippen LogP contribution in [0.5, 0.6) is 5.75 Å². The van der Waals surface area contributed by atoms with Crippen LogP contribution >= 0.6 is 24.0 Å². The van der Waals surface area contributed by atoms with Crippen LogP contribution in [0.3, 0.4) is 0 Å². The van der Waals surface area contributed by atoms with Gasteiger partial charge in [-0.1, -0.05) is 12.1 Å². The first kappa shape index (κ1) is 20.6. The van der Waals surface area contributed by atoms with Gasteiger partial charge >= 0.3 is 0 Å². The molecule has 1 amide bonds. The van der Waals surface area contributed by atoms with Gasteiger partial charge in [-0.25, -0.2) is 0 Å². The molecule has 1 aromatic rings. The Bertz CT molecular complexity index is 628. The molecule has 0 spiro atoms. The average Bonchev–Trinajstić information content (AvgIpc) is 3.46. The molecular weight excluding hydrogens is 445 g/mol. The summed E-state index contributed by atoms with van der Waals surface area (Å²) in [5.74, 6) is 1.72. The van der Waals surface area contributed by atoms with Gasteiger partial charge < -0.3 is 25.2 Å². The third-order valence-corrected chi connectivity index (χ3v) is 4.57. The number of aliphatic imine (C=N–C) groups is 1. The summed E-state index contributed by atoms with van der Waals surface area (Å²) in [5.41, 5.74) is 1.12. The van der Waals surface area contributed by atoms with E-state index in [1.165, 1.54) is 0 Å². The zero-order valence-electron chi connectivity index (χ0n) is 15.4. The van der Waals surface area contributed by atoms with Crippen molar-refractivity contribution in [1.82, 2.24) is 15.5 Å². The van der Waals surface area contributed by atoms with Crippen LogP contribution in [0.4, 0.5) is 5.69 Å². The minimum atomic E-state index is 0. The summed E-state index contributed by atoms with van der Waals surface area (Å²) in [5, 5.41) is 6.15. The predicted octanol–water partition coefficient (Wildman–Crippen LogP) is 1.29. The van der Waals surface area contributed by atoms with Crippen molar-refractivity contribution in [2.24, 2.45) is 4.99 Å². The summed E-state index contributed by atoms with van der Waals surface area (Å²) < 4.78 is 5.46. The number of nitrogens with one attached hydrogen (secondary N) is 2. The van der Waals surface area contributed by atoms with Gasteiger partial charge in [0.1, 0.15) is 5.75 Å². The van der Waals surface area contributed by atoms with Gasteiger partial charge in [0, 0.05) is 39.3 Å². The molecule has 1 aliphatic carbocycles. The van der Waals surface area contributed by atoms with Crippen molar-refractivity contribution in [2.45, 2.75) is 18.9 Å². The second-order valence-electron chi connectivity index (χ2n) is 6.39. The fourth-order valence-corrected chi connectivity index (χ4v) is 3.05. The van der Waals surface area contributed by atoms with E-state index in [9.17, 15) is 4.79 Å². The number of guanidine groups is 1. The Morgan fingerprint density at radius 3 is 2.54 bits per heavy atom. The molecule has 2 fully saturated rings. The molecule has 8 heteroatoms. The number of piperazine rings is 1. The second-order valence-corrected chi connectivity index (χ2v) is 6.39. The van der Waals surface area contributed by atoms with E-state index in [2.05, 4.69) is 31.5 Å². The Hall–Kier alpha value is -1.71. The van der Waals surface area contributed by atoms with Crippen molar-refractivity contribution in [3.8, 4) is 5.75 Å². The third kappa shape index (κ3) is 5.39. The van der Waals surface area contributed by atoms with Crippen LogP contribution in [0.15, 0.2) is 29.3 Å². The minimum absolute atomic E-state index is 0. The number of hydrogen-bond donors (Lipinski definition) is 2. The SMILES string of the molecule is CN=C(NCC(=O)NC1CC1)N1CCN(c2ccccc2OC)CC1.I. The maximum atomic E-state index is 11.8. The number of hydrogen-bond acceptors (Lipinski definition) is 4. The van der Waals surface area contributed by atoms with Gasteiger partial charge in [-0.05, 0) is 25.0 Å². The number of benzene rings is 1. The molecule has 2 aliphatic rings. The summed E-state index contributed by atoms with van der Waals surface area (Å²) in [6.07, 6.45) is 2.21. The van der Waals surface area contributed by atoms with Crippen LogP contribution in [0, 0.1) is 0 Å². The smallest absolute Gasteiger partial charge is 0.239 e. The Morgan fingerprint density at radius 1 is 1.23 bits per heavy atom. The highest BCUT2D eigenvalue weighted by atomic mass is 127. The largest absolute Gasteiger partial charge is 0.495 e. The fraction of sp³-hybridized carbons (Fsp3) is 0.556. The molecule has 1 saturated carbocycles. The van der Waals surface area contributed by atoms with Crippen LogP contribution < -0.4 is 20.3 Å². The van der Waals surface area contributed by atoms with Gasteiger partial charge in [-0.3, -0.25) is 9.79 Å². The molecule has 144 valence electrons. The third-order valence-electron chi connectivity index (χ3n) is 4.57. The number of para-hydroxylation sites is 2. The molecule has 1 saturated heterocycles. The average molecular weight is 473 g/mol. The lowest BCUT2D eigenvalue weighted by Crippen LogP contribution is -2.53. The van der Waals surface area contributed by atoms with Gasteiger partial charge in [-0.2, -0.15) is 0 Å². The van der Waals surface area contributed by atoms with E-state index in [-0.39, 0.29) is 36.4 Å². The van der Waals surface area contributed by atoms with Gasteiger partial charge in [0.25, 0.3) is 0 Å². The molecule has 2 N–H and O–H groups in total. The predicted molar refractivity (Wildman–Crippen MR) is 115 cm³/mol. The highest BCUT2D eigenvalue weighted by molar-refractivity contribution is 14.0. The molecule has 0 bridgehead atoms. The number of carbonyl (C=O) groups excluding carboxylic acids is 1. The number of methoxy groups -OCH3 is 1. The Labute approximate surface area is 172 Å². The van der Waals surface area contributed by atoms with Gasteiger partial charge in [0.2, 0.25) is 5.91 Å². The van der Waals surface area contributed by atoms with Crippen molar-refractivity contribution in [3.63, 3.8) is 0 Å². The van der Waals surface area contributed by atoms with E-state index in [4.69, 9.17) is 4.74 Å². The molecular formula is C18H28IN5O2. The van der Waals surface area contributed by atoms with Crippen molar-refractivity contribution < 1.29 is 9.53 Å². The number of anilines is 1. The standard InChI is InChI=1S/C18H27N5O2.HI/c1-19-18(20-13-17(24)21-14-7-8-14)23-11-9-22(10-12-23)15-5-3-4-6-16(15)25-2;/h3-6,14H,7-13H2,1-2H3,(H,19,20)(H,21,24);1H. The quantitative estimate of drug-likeness (QED) is 0.384. The number of carbonyl (C=O) groups is 1. The first-order valence-electron chi connectivity index (χ1n) is 8.84. The lowest BCUT2D eigenvalue weighted by molar-refractivity contribution is -0.120. The summed E-state index contributed by atoms with van der Waals surface area (Å²) in [6.45, 7) is 3.74. The number of ether oxygens (including phenoxy) is 1. The number of rotatable bonds is 5. The Kier molecular flexibility index (Phi) is 7.80. The van der Waals surface area contributed by atoms with E-state index < -0.39 is 0 Å². The van der Waals surface area contributed by atoms with E-state index in [1.807, 2.05) is 18.2 Å². The van der Waals surface area contributed by atoms with E-state index in [0.29, 0.717) is 6.04 Å². The van der Waals surface area contributed by atoms with Crippen molar-refractivity contribution >= 4 is 41.5 Å². The highest BCUT2D eigenvalue weighted by Gasteiger charge is 2.24. The fourth-order valence-electron chi connectivity index (χ4n) is 3.05. The van der Waals surface area contributed by atoms with Crippen LogP contribution in [0.1, 0.15) is 12.8 Å². The molecule has 7 nitrogen and oxygen atoms in total. The number of amides is 1. The number of nitrogens with zero attached hydrogens (tertiary/aromatic N) is 3. The summed E-state index contributed by atoms with van der Waals surface area (Å²) in [6, 6.07) is 8.48. The van der Waals surface area contributed by atoms with Crippen molar-refractivity contribution in [3.05, 3.63) is 24.3 Å². The Balaban J connectivity index is 0.00000243. The maximum absolute atomic E-state index is 11.8. The molecule has 1 aromatic carbocycles. The zero-order valence-corrected chi connectivity index (χ0v) is 17.7. The Morgan fingerprint density at radius 2 is 1.92 bits per heavy atom. The van der Waals surface area contributed by atoms with Gasteiger partial charge in [0.05, 0.1) is 19.3 Å². The van der Waals surface area contributed by atoms with E-state index in [1.54, 1.807) is 14.2 Å². The highest BCUT2D eigenvalue weighted by Crippen LogP contribution is 2.28. The lowest BCUT2D eigenvalue weighted by atomic mass is 10.2. The second kappa shape index (κ2) is 9.84. The van der Waals surface area contributed by atoms with Gasteiger partial charge in [-0.15, -0.1) is 24.0 Å². The lowest BCUT2D eigenvalue weighted by Gasteiger charge is -2.38. The molecule has 0 aromatic heterocycles. The molecule has 1 heterocycles. The summed E-state index contributed by atoms with van der Waals surface area (Å²) in [7, 11) is 3.46. The topological polar surface area (TPSA) is 69.2 Å².